The van der Waals surface area contributed by atoms with Crippen molar-refractivity contribution >= 4 is 0 Å². The van der Waals surface area contributed by atoms with Crippen molar-refractivity contribution in [2.75, 3.05) is 0 Å². The summed E-state index contributed by atoms with van der Waals surface area (Å²) in [5, 5.41) is 0. The quantitative estimate of drug-likeness (QED) is 0.564. The van der Waals surface area contributed by atoms with E-state index in [9.17, 15) is 22.0 Å². The number of rotatable bonds is 1. The Balaban J connectivity index is 3.15. The van der Waals surface area contributed by atoms with E-state index in [1.807, 2.05) is 0 Å². The van der Waals surface area contributed by atoms with Gasteiger partial charge in [-0.2, -0.15) is 0 Å². The lowest BCUT2D eigenvalue weighted by atomic mass is 9.93. The van der Waals surface area contributed by atoms with Gasteiger partial charge < -0.3 is 0 Å². The fourth-order valence-electron chi connectivity index (χ4n) is 1.18. The third kappa shape index (κ3) is 1.47. The second kappa shape index (κ2) is 3.47. The van der Waals surface area contributed by atoms with Gasteiger partial charge in [0.15, 0.2) is 23.7 Å². The minimum atomic E-state index is -2.41. The van der Waals surface area contributed by atoms with Gasteiger partial charge in [0.05, 0.1) is 5.92 Å². The molecule has 0 aromatic heterocycles. The van der Waals surface area contributed by atoms with E-state index in [-0.39, 0.29) is 6.42 Å². The first-order valence-electron chi connectivity index (χ1n) is 3.75. The van der Waals surface area contributed by atoms with Gasteiger partial charge in [-0.05, 0) is 6.42 Å². The molecule has 0 fully saturated rings. The van der Waals surface area contributed by atoms with E-state index in [0.717, 1.165) is 0 Å². The summed E-state index contributed by atoms with van der Waals surface area (Å²) in [7, 11) is 0. The molecule has 0 saturated heterocycles. The molecule has 2 atom stereocenters. The normalized spacial score (nSPS) is 30.0. The van der Waals surface area contributed by atoms with Crippen LogP contribution < -0.4 is 0 Å². The molecule has 0 N–H and O–H groups in total. The second-order valence-electron chi connectivity index (χ2n) is 2.74. The highest BCUT2D eigenvalue weighted by atomic mass is 19.2. The van der Waals surface area contributed by atoms with E-state index in [0.29, 0.717) is 0 Å². The molecule has 0 aromatic carbocycles. The molecule has 5 heteroatoms. The van der Waals surface area contributed by atoms with Gasteiger partial charge in [0.2, 0.25) is 0 Å². The maximum Gasteiger partial charge on any atom is 0.195 e. The Kier molecular flexibility index (Phi) is 2.73. The van der Waals surface area contributed by atoms with Crippen LogP contribution >= 0.6 is 0 Å². The molecular formula is C8H7F5. The first kappa shape index (κ1) is 10.2. The van der Waals surface area contributed by atoms with Crippen LogP contribution in [-0.2, 0) is 0 Å². The monoisotopic (exact) mass is 198 g/mol. The minimum Gasteiger partial charge on any atom is -0.239 e. The van der Waals surface area contributed by atoms with Crippen molar-refractivity contribution in [3.05, 3.63) is 23.3 Å². The summed E-state index contributed by atoms with van der Waals surface area (Å²) in [5.41, 5.74) is 0. The zero-order chi connectivity index (χ0) is 10.2. The van der Waals surface area contributed by atoms with Gasteiger partial charge in [-0.3, -0.25) is 0 Å². The van der Waals surface area contributed by atoms with Crippen molar-refractivity contribution in [1.29, 1.82) is 0 Å². The molecule has 0 bridgehead atoms. The Labute approximate surface area is 71.7 Å². The topological polar surface area (TPSA) is 0 Å². The Morgan fingerprint density at radius 1 is 1.00 bits per heavy atom. The number of hydrogen-bond acceptors (Lipinski definition) is 0. The molecular weight excluding hydrogens is 191 g/mol. The van der Waals surface area contributed by atoms with Gasteiger partial charge in [-0.25, -0.2) is 22.0 Å². The minimum absolute atomic E-state index is 0.124. The molecule has 0 heterocycles. The maximum absolute atomic E-state index is 12.8. The molecule has 0 aliphatic heterocycles. The Morgan fingerprint density at radius 3 is 1.92 bits per heavy atom. The van der Waals surface area contributed by atoms with Crippen LogP contribution in [-0.4, -0.2) is 6.17 Å². The van der Waals surface area contributed by atoms with E-state index in [4.69, 9.17) is 0 Å². The Morgan fingerprint density at radius 2 is 1.46 bits per heavy atom. The van der Waals surface area contributed by atoms with Crippen LogP contribution in [0, 0.1) is 5.92 Å². The highest BCUT2D eigenvalue weighted by molar-refractivity contribution is 5.33. The summed E-state index contributed by atoms with van der Waals surface area (Å²) >= 11 is 0. The highest BCUT2D eigenvalue weighted by Gasteiger charge is 2.39. The molecule has 0 saturated carbocycles. The number of hydrogen-bond donors (Lipinski definition) is 0. The molecule has 2 unspecified atom stereocenters. The molecule has 0 nitrogen and oxygen atoms in total. The first-order chi connectivity index (χ1) is 6.00. The molecule has 0 spiro atoms. The van der Waals surface area contributed by atoms with Gasteiger partial charge in [-0.1, -0.05) is 6.92 Å². The van der Waals surface area contributed by atoms with Gasteiger partial charge in [0.25, 0.3) is 0 Å². The largest absolute Gasteiger partial charge is 0.239 e. The molecule has 13 heavy (non-hydrogen) atoms. The van der Waals surface area contributed by atoms with Crippen molar-refractivity contribution in [3.8, 4) is 0 Å². The zero-order valence-corrected chi connectivity index (χ0v) is 6.75. The molecule has 1 aliphatic rings. The van der Waals surface area contributed by atoms with Gasteiger partial charge in [-0.15, -0.1) is 0 Å². The number of halogens is 5. The lowest BCUT2D eigenvalue weighted by Gasteiger charge is -2.21. The molecule has 0 aromatic rings. The van der Waals surface area contributed by atoms with Crippen molar-refractivity contribution in [1.82, 2.24) is 0 Å². The Hall–Kier alpha value is -0.870. The average molecular weight is 198 g/mol. The average Bonchev–Trinajstić information content (AvgIpc) is 2.13. The van der Waals surface area contributed by atoms with Crippen LogP contribution in [0.1, 0.15) is 13.3 Å². The summed E-state index contributed by atoms with van der Waals surface area (Å²) in [6, 6.07) is 0. The third-order valence-corrected chi connectivity index (χ3v) is 1.97. The van der Waals surface area contributed by atoms with Gasteiger partial charge in [0, 0.05) is 0 Å². The summed E-state index contributed by atoms with van der Waals surface area (Å²) in [6.07, 6.45) is -2.54. The fourth-order valence-corrected chi connectivity index (χ4v) is 1.18. The lowest BCUT2D eigenvalue weighted by molar-refractivity contribution is 0.201. The molecule has 1 rings (SSSR count). The zero-order valence-electron chi connectivity index (χ0n) is 6.75. The predicted molar refractivity (Wildman–Crippen MR) is 37.2 cm³/mol. The highest BCUT2D eigenvalue weighted by Crippen LogP contribution is 2.40. The predicted octanol–water partition coefficient (Wildman–Crippen LogP) is 3.67. The van der Waals surface area contributed by atoms with E-state index in [1.54, 1.807) is 0 Å². The molecule has 1 aliphatic carbocycles. The summed E-state index contributed by atoms with van der Waals surface area (Å²) in [4.78, 5) is 0. The van der Waals surface area contributed by atoms with Crippen LogP contribution in [0.4, 0.5) is 22.0 Å². The van der Waals surface area contributed by atoms with Crippen LogP contribution in [0.5, 0.6) is 0 Å². The van der Waals surface area contributed by atoms with E-state index >= 15 is 0 Å². The van der Waals surface area contributed by atoms with Crippen LogP contribution in [0.3, 0.4) is 0 Å². The van der Waals surface area contributed by atoms with Crippen LogP contribution in [0.25, 0.3) is 0 Å². The van der Waals surface area contributed by atoms with Crippen molar-refractivity contribution in [2.24, 2.45) is 5.92 Å². The van der Waals surface area contributed by atoms with E-state index in [2.05, 4.69) is 0 Å². The first-order valence-corrected chi connectivity index (χ1v) is 3.75. The Bertz CT molecular complexity index is 278. The van der Waals surface area contributed by atoms with E-state index < -0.39 is 35.4 Å². The van der Waals surface area contributed by atoms with Crippen LogP contribution in [0.2, 0.25) is 0 Å². The van der Waals surface area contributed by atoms with Crippen molar-refractivity contribution in [2.45, 2.75) is 19.5 Å². The van der Waals surface area contributed by atoms with Crippen molar-refractivity contribution in [3.63, 3.8) is 0 Å². The van der Waals surface area contributed by atoms with Gasteiger partial charge >= 0.3 is 0 Å². The summed E-state index contributed by atoms with van der Waals surface area (Å²) in [5.74, 6) is -8.92. The van der Waals surface area contributed by atoms with Crippen LogP contribution in [0.15, 0.2) is 23.3 Å². The standard InChI is InChI=1S/C8H7F5/c1-2-3-4(9)6(11)8(13)7(12)5(3)10/h3-4H,2H2,1H3. The van der Waals surface area contributed by atoms with Crippen molar-refractivity contribution < 1.29 is 22.0 Å². The van der Waals surface area contributed by atoms with E-state index in [1.165, 1.54) is 6.92 Å². The molecule has 0 radical (unpaired) electrons. The summed E-state index contributed by atoms with van der Waals surface area (Å²) in [6.45, 7) is 1.36. The maximum atomic E-state index is 12.8. The summed E-state index contributed by atoms with van der Waals surface area (Å²) < 4.78 is 62.9. The lowest BCUT2D eigenvalue weighted by Crippen LogP contribution is -2.22. The fraction of sp³-hybridized carbons (Fsp3) is 0.500. The smallest absolute Gasteiger partial charge is 0.195 e. The molecule has 0 amide bonds. The third-order valence-electron chi connectivity index (χ3n) is 1.97. The number of alkyl halides is 1. The van der Waals surface area contributed by atoms with Gasteiger partial charge in [0.1, 0.15) is 5.83 Å². The second-order valence-corrected chi connectivity index (χ2v) is 2.74. The SMILES string of the molecule is CCC1C(F)=C(F)C(F)=C(F)C1F. The molecule has 74 valence electrons. The number of allylic oxidation sites excluding steroid dienone is 4.